The van der Waals surface area contributed by atoms with Crippen molar-refractivity contribution in [3.8, 4) is 0 Å². The lowest BCUT2D eigenvalue weighted by molar-refractivity contribution is -0.163. The van der Waals surface area contributed by atoms with Crippen LogP contribution in [0, 0.1) is 0 Å². The van der Waals surface area contributed by atoms with Crippen molar-refractivity contribution in [1.29, 1.82) is 0 Å². The number of nitrogens with zero attached hydrogens (tertiary/aromatic N) is 1. The molecule has 3 aliphatic rings. The Hall–Kier alpha value is -0.170. The van der Waals surface area contributed by atoms with E-state index >= 15 is 0 Å². The van der Waals surface area contributed by atoms with E-state index < -0.39 is 16.4 Å². The second-order valence-electron chi connectivity index (χ2n) is 6.46. The monoisotopic (exact) mass is 433 g/mol. The number of aliphatic hydroxyl groups excluding tert-OH is 1. The summed E-state index contributed by atoms with van der Waals surface area (Å²) in [5, 5.41) is 10.5. The zero-order valence-corrected chi connectivity index (χ0v) is 15.7. The summed E-state index contributed by atoms with van der Waals surface area (Å²) in [6, 6.07) is 1.01. The molecule has 3 rings (SSSR count). The van der Waals surface area contributed by atoms with Crippen molar-refractivity contribution in [2.45, 2.75) is 59.1 Å². The number of alkyl halides is 2. The van der Waals surface area contributed by atoms with Gasteiger partial charge in [0.1, 0.15) is 6.10 Å². The van der Waals surface area contributed by atoms with E-state index in [4.69, 9.17) is 4.74 Å². The molecule has 5 unspecified atom stereocenters. The first-order valence-electron chi connectivity index (χ1n) is 7.71. The first-order valence-corrected chi connectivity index (χ1v) is 9.42. The van der Waals surface area contributed by atoms with E-state index in [-0.39, 0.29) is 10.9 Å². The second-order valence-corrected chi connectivity index (χ2v) is 8.82. The standard InChI is InChI=1S/C16H21Br2NO3/c1-19-10-5-6-11(19)9-12(8-10)22-15(21)14(20)16(18)7-3-2-4-13(16)17/h2-4,7,10-14,20H,5-6,8-9H2,1H3. The van der Waals surface area contributed by atoms with Gasteiger partial charge in [-0.2, -0.15) is 0 Å². The number of carbonyl (C=O) groups is 1. The molecule has 0 aromatic heterocycles. The van der Waals surface area contributed by atoms with Crippen molar-refractivity contribution >= 4 is 37.8 Å². The molecule has 22 heavy (non-hydrogen) atoms. The SMILES string of the molecule is CN1C2CCC1CC(OC(=O)C(O)C1(Br)C=CC=CC1Br)C2. The molecule has 0 aromatic rings. The summed E-state index contributed by atoms with van der Waals surface area (Å²) >= 11 is 6.98. The summed E-state index contributed by atoms with van der Waals surface area (Å²) in [6.07, 6.45) is 10.2. The van der Waals surface area contributed by atoms with Crippen molar-refractivity contribution < 1.29 is 14.6 Å². The summed E-state index contributed by atoms with van der Waals surface area (Å²) in [4.78, 5) is 14.6. The second kappa shape index (κ2) is 6.38. The molecular formula is C16H21Br2NO3. The Kier molecular flexibility index (Phi) is 4.84. The minimum Gasteiger partial charge on any atom is -0.460 e. The summed E-state index contributed by atoms with van der Waals surface area (Å²) in [6.45, 7) is 0. The Labute approximate surface area is 147 Å². The van der Waals surface area contributed by atoms with Crippen LogP contribution >= 0.6 is 31.9 Å². The molecule has 2 aliphatic heterocycles. The van der Waals surface area contributed by atoms with Crippen LogP contribution in [0.1, 0.15) is 25.7 Å². The van der Waals surface area contributed by atoms with E-state index in [1.54, 1.807) is 6.08 Å². The maximum atomic E-state index is 12.4. The van der Waals surface area contributed by atoms with Crippen LogP contribution in [-0.2, 0) is 9.53 Å². The van der Waals surface area contributed by atoms with Crippen LogP contribution in [0.15, 0.2) is 24.3 Å². The fourth-order valence-corrected chi connectivity index (χ4v) is 4.78. The highest BCUT2D eigenvalue weighted by molar-refractivity contribution is 9.12. The van der Waals surface area contributed by atoms with Gasteiger partial charge in [0.15, 0.2) is 6.10 Å². The molecule has 1 aliphatic carbocycles. The lowest BCUT2D eigenvalue weighted by Crippen LogP contribution is -2.50. The van der Waals surface area contributed by atoms with Gasteiger partial charge in [-0.05, 0) is 32.7 Å². The minimum atomic E-state index is -1.24. The van der Waals surface area contributed by atoms with Gasteiger partial charge < -0.3 is 14.7 Å². The number of halogens is 2. The molecule has 6 heteroatoms. The number of rotatable bonds is 3. The molecule has 4 nitrogen and oxygen atoms in total. The Morgan fingerprint density at radius 2 is 2.00 bits per heavy atom. The van der Waals surface area contributed by atoms with E-state index in [9.17, 15) is 9.90 Å². The van der Waals surface area contributed by atoms with E-state index in [1.807, 2.05) is 18.2 Å². The highest BCUT2D eigenvalue weighted by atomic mass is 79.9. The quantitative estimate of drug-likeness (QED) is 0.547. The van der Waals surface area contributed by atoms with Crippen molar-refractivity contribution in [3.05, 3.63) is 24.3 Å². The highest BCUT2D eigenvalue weighted by Gasteiger charge is 2.46. The number of esters is 1. The Bertz CT molecular complexity index is 496. The molecule has 1 N–H and O–H groups in total. The Balaban J connectivity index is 1.63. The predicted molar refractivity (Wildman–Crippen MR) is 92.3 cm³/mol. The number of hydrogen-bond acceptors (Lipinski definition) is 4. The Morgan fingerprint density at radius 1 is 1.36 bits per heavy atom. The van der Waals surface area contributed by atoms with Gasteiger partial charge in [-0.3, -0.25) is 0 Å². The maximum absolute atomic E-state index is 12.4. The van der Waals surface area contributed by atoms with Gasteiger partial charge >= 0.3 is 5.97 Å². The average Bonchev–Trinajstić information content (AvgIpc) is 2.72. The zero-order valence-electron chi connectivity index (χ0n) is 12.5. The molecule has 2 heterocycles. The number of hydrogen-bond donors (Lipinski definition) is 1. The fraction of sp³-hybridized carbons (Fsp3) is 0.688. The van der Waals surface area contributed by atoms with Gasteiger partial charge in [0.05, 0.1) is 9.15 Å². The maximum Gasteiger partial charge on any atom is 0.337 e. The number of allylic oxidation sites excluding steroid dienone is 3. The molecule has 2 bridgehead atoms. The van der Waals surface area contributed by atoms with Gasteiger partial charge in [-0.25, -0.2) is 4.79 Å². The van der Waals surface area contributed by atoms with Crippen LogP contribution in [0.2, 0.25) is 0 Å². The third-order valence-electron chi connectivity index (χ3n) is 5.15. The molecule has 2 saturated heterocycles. The van der Waals surface area contributed by atoms with Gasteiger partial charge in [0, 0.05) is 12.1 Å². The normalized spacial score (nSPS) is 42.4. The third kappa shape index (κ3) is 2.95. The number of carbonyl (C=O) groups excluding carboxylic acids is 1. The van der Waals surface area contributed by atoms with Crippen LogP contribution in [0.25, 0.3) is 0 Å². The van der Waals surface area contributed by atoms with E-state index in [2.05, 4.69) is 43.8 Å². The minimum absolute atomic E-state index is 0.0798. The lowest BCUT2D eigenvalue weighted by Gasteiger charge is -2.37. The van der Waals surface area contributed by atoms with E-state index in [1.165, 1.54) is 12.8 Å². The number of aliphatic hydroxyl groups is 1. The first kappa shape index (κ1) is 16.7. The van der Waals surface area contributed by atoms with Gasteiger partial charge in [-0.1, -0.05) is 56.2 Å². The first-order chi connectivity index (χ1) is 10.4. The topological polar surface area (TPSA) is 49.8 Å². The molecule has 2 fully saturated rings. The number of fused-ring (bicyclic) bond motifs is 2. The molecule has 0 radical (unpaired) electrons. The predicted octanol–water partition coefficient (Wildman–Crippen LogP) is 2.54. The van der Waals surface area contributed by atoms with Gasteiger partial charge in [0.25, 0.3) is 0 Å². The summed E-state index contributed by atoms with van der Waals surface area (Å²) in [5.74, 6) is -0.546. The smallest absolute Gasteiger partial charge is 0.337 e. The number of piperidine rings is 1. The largest absolute Gasteiger partial charge is 0.460 e. The number of ether oxygens (including phenoxy) is 1. The summed E-state index contributed by atoms with van der Waals surface area (Å²) in [7, 11) is 2.15. The molecule has 122 valence electrons. The Morgan fingerprint density at radius 3 is 2.59 bits per heavy atom. The van der Waals surface area contributed by atoms with Gasteiger partial charge in [-0.15, -0.1) is 0 Å². The van der Waals surface area contributed by atoms with Crippen LogP contribution in [0.3, 0.4) is 0 Å². The van der Waals surface area contributed by atoms with Crippen molar-refractivity contribution in [2.75, 3.05) is 7.05 Å². The highest BCUT2D eigenvalue weighted by Crippen LogP contribution is 2.39. The van der Waals surface area contributed by atoms with Crippen molar-refractivity contribution in [2.24, 2.45) is 0 Å². The lowest BCUT2D eigenvalue weighted by atomic mass is 9.94. The molecule has 0 saturated carbocycles. The van der Waals surface area contributed by atoms with Crippen LogP contribution in [0.5, 0.6) is 0 Å². The van der Waals surface area contributed by atoms with E-state index in [0.29, 0.717) is 12.1 Å². The molecule has 0 aromatic carbocycles. The molecule has 5 atom stereocenters. The summed E-state index contributed by atoms with van der Waals surface area (Å²) in [5.41, 5.74) is 0. The zero-order chi connectivity index (χ0) is 15.9. The summed E-state index contributed by atoms with van der Waals surface area (Å²) < 4.78 is 4.77. The molecular weight excluding hydrogens is 414 g/mol. The van der Waals surface area contributed by atoms with E-state index in [0.717, 1.165) is 12.8 Å². The van der Waals surface area contributed by atoms with Crippen molar-refractivity contribution in [1.82, 2.24) is 4.90 Å². The van der Waals surface area contributed by atoms with Crippen molar-refractivity contribution in [3.63, 3.8) is 0 Å². The van der Waals surface area contributed by atoms with Crippen LogP contribution in [0.4, 0.5) is 0 Å². The third-order valence-corrected chi connectivity index (χ3v) is 8.01. The average molecular weight is 435 g/mol. The van der Waals surface area contributed by atoms with Crippen LogP contribution < -0.4 is 0 Å². The fourth-order valence-electron chi connectivity index (χ4n) is 3.71. The van der Waals surface area contributed by atoms with Gasteiger partial charge in [0.2, 0.25) is 0 Å². The molecule has 0 spiro atoms. The molecule has 0 amide bonds. The van der Waals surface area contributed by atoms with Crippen LogP contribution in [-0.4, -0.2) is 56.5 Å².